The third kappa shape index (κ3) is 5.31. The molecule has 43 heavy (non-hydrogen) atoms. The number of carbonyl (C=O) groups excluding carboxylic acids is 1. The Balaban J connectivity index is 1.41. The number of hydrogen-bond acceptors (Lipinski definition) is 6. The van der Waals surface area contributed by atoms with Crippen LogP contribution in [0.25, 0.3) is 0 Å². The molecule has 0 unspecified atom stereocenters. The molecule has 11 heteroatoms. The van der Waals surface area contributed by atoms with Crippen molar-refractivity contribution in [3.63, 3.8) is 0 Å². The number of aromatic nitrogens is 3. The van der Waals surface area contributed by atoms with Crippen molar-refractivity contribution in [2.24, 2.45) is 7.05 Å². The molecule has 1 aliphatic heterocycles. The summed E-state index contributed by atoms with van der Waals surface area (Å²) in [5.74, 6) is 0.349. The summed E-state index contributed by atoms with van der Waals surface area (Å²) < 4.78 is 50.7. The Bertz CT molecular complexity index is 1540. The molecular formula is C32H39F3N6O2. The predicted octanol–water partition coefficient (Wildman–Crippen LogP) is 5.94. The number of amides is 1. The first-order valence-corrected chi connectivity index (χ1v) is 14.9. The Morgan fingerprint density at radius 3 is 2.47 bits per heavy atom. The van der Waals surface area contributed by atoms with Crippen molar-refractivity contribution >= 4 is 17.3 Å². The summed E-state index contributed by atoms with van der Waals surface area (Å²) in [5, 5.41) is 15.4. The van der Waals surface area contributed by atoms with Gasteiger partial charge < -0.3 is 24.8 Å². The molecule has 0 spiro atoms. The first kappa shape index (κ1) is 29.6. The Morgan fingerprint density at radius 2 is 1.88 bits per heavy atom. The van der Waals surface area contributed by atoms with Crippen LogP contribution >= 0.6 is 0 Å². The van der Waals surface area contributed by atoms with Gasteiger partial charge in [-0.25, -0.2) is 0 Å². The van der Waals surface area contributed by atoms with Gasteiger partial charge in [0.1, 0.15) is 12.2 Å². The molecule has 2 fully saturated rings. The SMILES string of the molecule is CO[C@H]1C[C@](c2cc(NC(C)C)cc(N3Cc4c(cc(CNC5(C)CCC5)cc4C(F)(F)F)C3=O)c2)(c2nncn2C)C1. The number of carbonyl (C=O) groups is 1. The standard InChI is InChI=1S/C32H39F3N6O2/c1-19(2)38-22-11-21(31(14-24(15-31)43-5)29-39-37-18-40(29)4)12-23(13-22)41-17-26-25(28(41)42)9-20(10-27(26)32(33,34)35)16-36-30(3)7-6-8-30/h9-13,18-19,24,36,38H,6-8,14-17H2,1-5H3/t24-,31-. The minimum absolute atomic E-state index is 0.0194. The number of nitrogens with one attached hydrogen (secondary N) is 2. The van der Waals surface area contributed by atoms with Gasteiger partial charge in [0.15, 0.2) is 0 Å². The van der Waals surface area contributed by atoms with Crippen molar-refractivity contribution < 1.29 is 22.7 Å². The summed E-state index contributed by atoms with van der Waals surface area (Å²) in [6.45, 7) is 6.24. The average Bonchev–Trinajstić information content (AvgIpc) is 3.47. The highest BCUT2D eigenvalue weighted by Gasteiger charge is 2.51. The van der Waals surface area contributed by atoms with E-state index < -0.39 is 23.1 Å². The lowest BCUT2D eigenvalue weighted by Crippen LogP contribution is -2.48. The number of benzene rings is 2. The quantitative estimate of drug-likeness (QED) is 0.318. The van der Waals surface area contributed by atoms with Crippen molar-refractivity contribution in [2.45, 2.75) is 95.2 Å². The molecule has 2 aromatic carbocycles. The number of halogens is 3. The lowest BCUT2D eigenvalue weighted by atomic mass is 9.61. The molecule has 0 radical (unpaired) electrons. The molecule has 1 aromatic heterocycles. The molecule has 0 atom stereocenters. The zero-order valence-electron chi connectivity index (χ0n) is 25.3. The Kier molecular flexibility index (Phi) is 7.32. The number of methoxy groups -OCH3 is 1. The molecule has 2 heterocycles. The minimum atomic E-state index is -4.58. The summed E-state index contributed by atoms with van der Waals surface area (Å²) in [6, 6.07) is 8.74. The summed E-state index contributed by atoms with van der Waals surface area (Å²) >= 11 is 0. The summed E-state index contributed by atoms with van der Waals surface area (Å²) in [7, 11) is 3.58. The smallest absolute Gasteiger partial charge is 0.383 e. The van der Waals surface area contributed by atoms with E-state index in [0.29, 0.717) is 24.1 Å². The summed E-state index contributed by atoms with van der Waals surface area (Å²) in [6.07, 6.45) is 1.52. The molecule has 6 rings (SSSR count). The predicted molar refractivity (Wildman–Crippen MR) is 158 cm³/mol. The van der Waals surface area contributed by atoms with Crippen molar-refractivity contribution in [1.82, 2.24) is 20.1 Å². The number of nitrogens with zero attached hydrogens (tertiary/aromatic N) is 4. The van der Waals surface area contributed by atoms with Gasteiger partial charge in [-0.1, -0.05) is 0 Å². The molecule has 2 N–H and O–H groups in total. The van der Waals surface area contributed by atoms with Gasteiger partial charge in [-0.3, -0.25) is 4.79 Å². The molecule has 3 aliphatic rings. The van der Waals surface area contributed by atoms with Crippen LogP contribution in [0.1, 0.15) is 91.3 Å². The van der Waals surface area contributed by atoms with Gasteiger partial charge in [0, 0.05) is 49.2 Å². The van der Waals surface area contributed by atoms with E-state index in [2.05, 4.69) is 27.8 Å². The fourth-order valence-corrected chi connectivity index (χ4v) is 6.84. The number of ether oxygens (including phenoxy) is 1. The van der Waals surface area contributed by atoms with E-state index in [4.69, 9.17) is 4.74 Å². The molecule has 2 aliphatic carbocycles. The third-order valence-electron chi connectivity index (χ3n) is 9.45. The van der Waals surface area contributed by atoms with E-state index in [0.717, 1.165) is 36.3 Å². The van der Waals surface area contributed by atoms with Crippen LogP contribution in [0.15, 0.2) is 36.7 Å². The fraction of sp³-hybridized carbons (Fsp3) is 0.531. The van der Waals surface area contributed by atoms with Crippen molar-refractivity contribution in [2.75, 3.05) is 17.3 Å². The topological polar surface area (TPSA) is 84.3 Å². The van der Waals surface area contributed by atoms with Crippen molar-refractivity contribution in [3.05, 3.63) is 70.3 Å². The maximum atomic E-state index is 14.4. The van der Waals surface area contributed by atoms with E-state index in [1.807, 2.05) is 43.7 Å². The minimum Gasteiger partial charge on any atom is -0.383 e. The van der Waals surface area contributed by atoms with Gasteiger partial charge in [0.05, 0.1) is 23.6 Å². The summed E-state index contributed by atoms with van der Waals surface area (Å²) in [4.78, 5) is 15.4. The molecule has 8 nitrogen and oxygen atoms in total. The lowest BCUT2D eigenvalue weighted by Gasteiger charge is -2.46. The van der Waals surface area contributed by atoms with Crippen molar-refractivity contribution in [1.29, 1.82) is 0 Å². The van der Waals surface area contributed by atoms with Crippen LogP contribution in [0.3, 0.4) is 0 Å². The molecule has 2 saturated carbocycles. The second-order valence-corrected chi connectivity index (χ2v) is 13.0. The van der Waals surface area contributed by atoms with Crippen molar-refractivity contribution in [3.8, 4) is 0 Å². The molecule has 3 aromatic rings. The average molecular weight is 597 g/mol. The van der Waals surface area contributed by atoms with E-state index in [9.17, 15) is 18.0 Å². The second kappa shape index (κ2) is 10.6. The zero-order chi connectivity index (χ0) is 30.7. The van der Waals surface area contributed by atoms with Gasteiger partial charge in [-0.05, 0) is 99.9 Å². The maximum Gasteiger partial charge on any atom is 0.416 e. The van der Waals surface area contributed by atoms with Crippen LogP contribution in [0, 0.1) is 0 Å². The highest BCUT2D eigenvalue weighted by Crippen LogP contribution is 2.51. The first-order valence-electron chi connectivity index (χ1n) is 14.9. The van der Waals surface area contributed by atoms with E-state index in [-0.39, 0.29) is 41.9 Å². The second-order valence-electron chi connectivity index (χ2n) is 13.0. The molecular weight excluding hydrogens is 557 g/mol. The van der Waals surface area contributed by atoms with Crippen LogP contribution in [-0.2, 0) is 36.5 Å². The monoisotopic (exact) mass is 596 g/mol. The van der Waals surface area contributed by atoms with Gasteiger partial charge in [-0.15, -0.1) is 10.2 Å². The van der Waals surface area contributed by atoms with Crippen LogP contribution < -0.4 is 15.5 Å². The highest BCUT2D eigenvalue weighted by molar-refractivity contribution is 6.10. The van der Waals surface area contributed by atoms with Gasteiger partial charge in [0.25, 0.3) is 5.91 Å². The van der Waals surface area contributed by atoms with Gasteiger partial charge >= 0.3 is 6.18 Å². The number of hydrogen-bond donors (Lipinski definition) is 2. The number of alkyl halides is 3. The number of fused-ring (bicyclic) bond motifs is 1. The van der Waals surface area contributed by atoms with E-state index in [1.54, 1.807) is 19.5 Å². The summed E-state index contributed by atoms with van der Waals surface area (Å²) in [5.41, 5.74) is 1.50. The Morgan fingerprint density at radius 1 is 1.14 bits per heavy atom. The number of rotatable bonds is 9. The normalized spacial score (nSPS) is 22.9. The third-order valence-corrected chi connectivity index (χ3v) is 9.45. The van der Waals surface area contributed by atoms with E-state index in [1.165, 1.54) is 11.0 Å². The van der Waals surface area contributed by atoms with E-state index >= 15 is 0 Å². The van der Waals surface area contributed by atoms with Crippen LogP contribution in [0.4, 0.5) is 24.5 Å². The lowest BCUT2D eigenvalue weighted by molar-refractivity contribution is -0.138. The van der Waals surface area contributed by atoms with Gasteiger partial charge in [0.2, 0.25) is 0 Å². The number of anilines is 2. The largest absolute Gasteiger partial charge is 0.416 e. The van der Waals surface area contributed by atoms with Gasteiger partial charge in [-0.2, -0.15) is 13.2 Å². The molecule has 0 bridgehead atoms. The van der Waals surface area contributed by atoms with Crippen LogP contribution in [-0.4, -0.2) is 45.5 Å². The maximum absolute atomic E-state index is 14.4. The first-order chi connectivity index (χ1) is 20.3. The molecule has 0 saturated heterocycles. The molecule has 1 amide bonds. The fourth-order valence-electron chi connectivity index (χ4n) is 6.84. The van der Waals surface area contributed by atoms with Crippen LogP contribution in [0.5, 0.6) is 0 Å². The van der Waals surface area contributed by atoms with Crippen LogP contribution in [0.2, 0.25) is 0 Å². The Hall–Kier alpha value is -3.44. The highest BCUT2D eigenvalue weighted by atomic mass is 19.4. The Labute approximate surface area is 250 Å². The zero-order valence-corrected chi connectivity index (χ0v) is 25.3. The molecule has 230 valence electrons. The number of aryl methyl sites for hydroxylation is 1.